The summed E-state index contributed by atoms with van der Waals surface area (Å²) >= 11 is 3.52. The van der Waals surface area contributed by atoms with Crippen LogP contribution in [0.5, 0.6) is 0 Å². The molecular formula is C17H19BrN4O. The number of halogens is 1. The number of likely N-dealkylation sites (tertiary alicyclic amines) is 1. The van der Waals surface area contributed by atoms with E-state index in [1.165, 1.54) is 0 Å². The van der Waals surface area contributed by atoms with Gasteiger partial charge in [0.25, 0.3) is 0 Å². The molecule has 5 nitrogen and oxygen atoms in total. The molecule has 0 saturated carbocycles. The molecule has 6 heteroatoms. The predicted octanol–water partition coefficient (Wildman–Crippen LogP) is 2.84. The van der Waals surface area contributed by atoms with Crippen molar-refractivity contribution in [1.29, 1.82) is 0 Å². The van der Waals surface area contributed by atoms with Crippen molar-refractivity contribution in [3.05, 3.63) is 29.0 Å². The van der Waals surface area contributed by atoms with E-state index < -0.39 is 0 Å². The molecule has 1 aromatic heterocycles. The Bertz CT molecular complexity index is 744. The Labute approximate surface area is 143 Å². The van der Waals surface area contributed by atoms with Crippen molar-refractivity contribution in [2.75, 3.05) is 31.1 Å². The van der Waals surface area contributed by atoms with Gasteiger partial charge in [0.15, 0.2) is 0 Å². The summed E-state index contributed by atoms with van der Waals surface area (Å²) in [7, 11) is 0. The fourth-order valence-electron chi connectivity index (χ4n) is 3.62. The SMILES string of the molecule is O=C(C1CCN(c2ncnc3ccc(Br)cc23)C1)N1CCCC1. The lowest BCUT2D eigenvalue weighted by Gasteiger charge is -2.21. The van der Waals surface area contributed by atoms with E-state index in [4.69, 9.17) is 0 Å². The zero-order valence-corrected chi connectivity index (χ0v) is 14.5. The molecular weight excluding hydrogens is 356 g/mol. The van der Waals surface area contributed by atoms with Gasteiger partial charge in [-0.05, 0) is 37.5 Å². The van der Waals surface area contributed by atoms with Crippen LogP contribution in [0.1, 0.15) is 19.3 Å². The molecule has 1 aromatic carbocycles. The van der Waals surface area contributed by atoms with Gasteiger partial charge in [-0.1, -0.05) is 15.9 Å². The zero-order chi connectivity index (χ0) is 15.8. The van der Waals surface area contributed by atoms with Crippen LogP contribution in [-0.2, 0) is 4.79 Å². The van der Waals surface area contributed by atoms with Crippen molar-refractivity contribution in [1.82, 2.24) is 14.9 Å². The van der Waals surface area contributed by atoms with Gasteiger partial charge >= 0.3 is 0 Å². The second-order valence-electron chi connectivity index (χ2n) is 6.32. The number of carbonyl (C=O) groups is 1. The molecule has 120 valence electrons. The van der Waals surface area contributed by atoms with Crippen molar-refractivity contribution in [2.45, 2.75) is 19.3 Å². The van der Waals surface area contributed by atoms with Crippen LogP contribution in [0.25, 0.3) is 10.9 Å². The molecule has 0 radical (unpaired) electrons. The van der Waals surface area contributed by atoms with Gasteiger partial charge in [-0.2, -0.15) is 0 Å². The summed E-state index contributed by atoms with van der Waals surface area (Å²) in [5, 5.41) is 1.04. The quantitative estimate of drug-likeness (QED) is 0.810. The van der Waals surface area contributed by atoms with E-state index in [1.54, 1.807) is 6.33 Å². The molecule has 2 aliphatic heterocycles. The molecule has 0 spiro atoms. The lowest BCUT2D eigenvalue weighted by molar-refractivity contribution is -0.133. The standard InChI is InChI=1S/C17H19BrN4O/c18-13-3-4-15-14(9-13)16(20-11-19-15)22-8-5-12(10-22)17(23)21-6-1-2-7-21/h3-4,9,11-12H,1-2,5-8,10H2. The molecule has 2 fully saturated rings. The molecule has 1 atom stereocenters. The van der Waals surface area contributed by atoms with Crippen molar-refractivity contribution in [3.63, 3.8) is 0 Å². The van der Waals surface area contributed by atoms with Gasteiger partial charge in [0, 0.05) is 36.0 Å². The third kappa shape index (κ3) is 2.80. The molecule has 23 heavy (non-hydrogen) atoms. The van der Waals surface area contributed by atoms with E-state index in [0.29, 0.717) is 5.91 Å². The van der Waals surface area contributed by atoms with E-state index in [2.05, 4.69) is 36.9 Å². The number of nitrogens with zero attached hydrogens (tertiary/aromatic N) is 4. The zero-order valence-electron chi connectivity index (χ0n) is 12.9. The van der Waals surface area contributed by atoms with Crippen LogP contribution in [-0.4, -0.2) is 47.0 Å². The largest absolute Gasteiger partial charge is 0.355 e. The molecule has 2 aliphatic rings. The first-order chi connectivity index (χ1) is 11.2. The second kappa shape index (κ2) is 6.07. The van der Waals surface area contributed by atoms with Crippen LogP contribution in [0.2, 0.25) is 0 Å². The van der Waals surface area contributed by atoms with Gasteiger partial charge in [0.1, 0.15) is 12.1 Å². The van der Waals surface area contributed by atoms with Gasteiger partial charge < -0.3 is 9.80 Å². The smallest absolute Gasteiger partial charge is 0.227 e. The summed E-state index contributed by atoms with van der Waals surface area (Å²) < 4.78 is 1.02. The Hall–Kier alpha value is -1.69. The Morgan fingerprint density at radius 1 is 1.17 bits per heavy atom. The molecule has 1 unspecified atom stereocenters. The van der Waals surface area contributed by atoms with Crippen molar-refractivity contribution in [2.24, 2.45) is 5.92 Å². The van der Waals surface area contributed by atoms with Gasteiger partial charge in [0.05, 0.1) is 11.4 Å². The highest BCUT2D eigenvalue weighted by Crippen LogP contribution is 2.30. The predicted molar refractivity (Wildman–Crippen MR) is 93.4 cm³/mol. The first kappa shape index (κ1) is 14.9. The van der Waals surface area contributed by atoms with Crippen LogP contribution < -0.4 is 4.90 Å². The molecule has 1 amide bonds. The monoisotopic (exact) mass is 374 g/mol. The van der Waals surface area contributed by atoms with Crippen LogP contribution >= 0.6 is 15.9 Å². The van der Waals surface area contributed by atoms with Crippen LogP contribution in [0.4, 0.5) is 5.82 Å². The number of amides is 1. The van der Waals surface area contributed by atoms with Gasteiger partial charge in [0.2, 0.25) is 5.91 Å². The molecule has 0 bridgehead atoms. The number of fused-ring (bicyclic) bond motifs is 1. The summed E-state index contributed by atoms with van der Waals surface area (Å²) in [6.45, 7) is 3.49. The molecule has 4 rings (SSSR count). The molecule has 0 aliphatic carbocycles. The molecule has 2 saturated heterocycles. The molecule has 2 aromatic rings. The van der Waals surface area contributed by atoms with E-state index >= 15 is 0 Å². The Morgan fingerprint density at radius 3 is 2.83 bits per heavy atom. The maximum Gasteiger partial charge on any atom is 0.227 e. The van der Waals surface area contributed by atoms with Gasteiger partial charge in [-0.25, -0.2) is 9.97 Å². The maximum absolute atomic E-state index is 12.6. The lowest BCUT2D eigenvalue weighted by Crippen LogP contribution is -2.35. The average Bonchev–Trinajstić information content (AvgIpc) is 3.25. The van der Waals surface area contributed by atoms with Gasteiger partial charge in [-0.15, -0.1) is 0 Å². The number of hydrogen-bond donors (Lipinski definition) is 0. The van der Waals surface area contributed by atoms with E-state index in [1.807, 2.05) is 17.0 Å². The third-order valence-electron chi connectivity index (χ3n) is 4.83. The fraction of sp³-hybridized carbons (Fsp3) is 0.471. The topological polar surface area (TPSA) is 49.3 Å². The normalized spacial score (nSPS) is 21.3. The number of benzene rings is 1. The number of aromatic nitrogens is 2. The minimum absolute atomic E-state index is 0.102. The average molecular weight is 375 g/mol. The van der Waals surface area contributed by atoms with Crippen molar-refractivity contribution < 1.29 is 4.79 Å². The number of rotatable bonds is 2. The van der Waals surface area contributed by atoms with E-state index in [-0.39, 0.29) is 5.92 Å². The summed E-state index contributed by atoms with van der Waals surface area (Å²) in [6.07, 6.45) is 4.82. The van der Waals surface area contributed by atoms with Crippen LogP contribution in [0, 0.1) is 5.92 Å². The molecule has 3 heterocycles. The number of anilines is 1. The van der Waals surface area contributed by atoms with Gasteiger partial charge in [-0.3, -0.25) is 4.79 Å². The molecule has 0 N–H and O–H groups in total. The minimum Gasteiger partial charge on any atom is -0.355 e. The summed E-state index contributed by atoms with van der Waals surface area (Å²) in [6, 6.07) is 6.04. The third-order valence-corrected chi connectivity index (χ3v) is 5.32. The Kier molecular flexibility index (Phi) is 3.93. The minimum atomic E-state index is 0.102. The highest BCUT2D eigenvalue weighted by molar-refractivity contribution is 9.10. The number of carbonyl (C=O) groups excluding carboxylic acids is 1. The fourth-order valence-corrected chi connectivity index (χ4v) is 3.98. The first-order valence-corrected chi connectivity index (χ1v) is 8.96. The second-order valence-corrected chi connectivity index (χ2v) is 7.24. The lowest BCUT2D eigenvalue weighted by atomic mass is 10.1. The Balaban J connectivity index is 1.58. The summed E-state index contributed by atoms with van der Waals surface area (Å²) in [5.74, 6) is 1.36. The first-order valence-electron chi connectivity index (χ1n) is 8.16. The highest BCUT2D eigenvalue weighted by Gasteiger charge is 2.33. The van der Waals surface area contributed by atoms with E-state index in [0.717, 1.165) is 66.6 Å². The summed E-state index contributed by atoms with van der Waals surface area (Å²) in [4.78, 5) is 25.7. The summed E-state index contributed by atoms with van der Waals surface area (Å²) in [5.41, 5.74) is 0.938. The van der Waals surface area contributed by atoms with Crippen molar-refractivity contribution >= 4 is 38.6 Å². The van der Waals surface area contributed by atoms with Crippen LogP contribution in [0.3, 0.4) is 0 Å². The van der Waals surface area contributed by atoms with Crippen molar-refractivity contribution in [3.8, 4) is 0 Å². The highest BCUT2D eigenvalue weighted by atomic mass is 79.9. The van der Waals surface area contributed by atoms with Crippen LogP contribution in [0.15, 0.2) is 29.0 Å². The Morgan fingerprint density at radius 2 is 2.00 bits per heavy atom. The number of hydrogen-bond acceptors (Lipinski definition) is 4. The van der Waals surface area contributed by atoms with E-state index in [9.17, 15) is 4.79 Å². The maximum atomic E-state index is 12.6.